The third-order valence-corrected chi connectivity index (χ3v) is 4.07. The maximum absolute atomic E-state index is 2.52. The minimum atomic E-state index is 0.598. The molecular weight excluding hydrogens is 222 g/mol. The zero-order valence-electron chi connectivity index (χ0n) is 12.1. The van der Waals surface area contributed by atoms with E-state index in [1.807, 2.05) is 0 Å². The van der Waals surface area contributed by atoms with Crippen LogP contribution in [-0.4, -0.2) is 67.6 Å². The van der Waals surface area contributed by atoms with Crippen LogP contribution in [0.25, 0.3) is 0 Å². The minimum absolute atomic E-state index is 0.598. The van der Waals surface area contributed by atoms with Gasteiger partial charge in [-0.25, -0.2) is 0 Å². The molecule has 1 heterocycles. The monoisotopic (exact) mass is 249 g/mol. The summed E-state index contributed by atoms with van der Waals surface area (Å²) in [5.41, 5.74) is 1.43. The van der Waals surface area contributed by atoms with Gasteiger partial charge in [-0.05, 0) is 39.6 Å². The molecule has 3 nitrogen and oxygen atoms in total. The van der Waals surface area contributed by atoms with Gasteiger partial charge in [0.1, 0.15) is 0 Å². The largest absolute Gasteiger partial charge is 0.369 e. The molecule has 1 aliphatic heterocycles. The fourth-order valence-corrected chi connectivity index (χ4v) is 2.74. The first kappa shape index (κ1) is 13.6. The van der Waals surface area contributed by atoms with Crippen molar-refractivity contribution in [1.29, 1.82) is 0 Å². The topological polar surface area (TPSA) is 9.72 Å². The summed E-state index contributed by atoms with van der Waals surface area (Å²) < 4.78 is 0. The highest BCUT2D eigenvalue weighted by atomic mass is 15.2. The SMILES string of the molecule is CCCN(C)C1C=CC(N2CCN(C)CC2)=CC1. The fraction of sp³-hybridized carbons (Fsp3) is 0.733. The van der Waals surface area contributed by atoms with Gasteiger partial charge in [-0.15, -0.1) is 0 Å². The lowest BCUT2D eigenvalue weighted by molar-refractivity contribution is 0.188. The predicted octanol–water partition coefficient (Wildman–Crippen LogP) is 1.79. The Morgan fingerprint density at radius 2 is 2.00 bits per heavy atom. The molecule has 1 atom stereocenters. The first-order valence-corrected chi connectivity index (χ1v) is 7.22. The van der Waals surface area contributed by atoms with Crippen molar-refractivity contribution in [3.63, 3.8) is 0 Å². The van der Waals surface area contributed by atoms with E-state index in [1.165, 1.54) is 44.8 Å². The zero-order valence-corrected chi connectivity index (χ0v) is 12.1. The van der Waals surface area contributed by atoms with Crippen LogP contribution in [0.15, 0.2) is 23.9 Å². The average Bonchev–Trinajstić information content (AvgIpc) is 2.40. The van der Waals surface area contributed by atoms with Crippen molar-refractivity contribution >= 4 is 0 Å². The quantitative estimate of drug-likeness (QED) is 0.752. The first-order valence-electron chi connectivity index (χ1n) is 7.22. The van der Waals surface area contributed by atoms with Gasteiger partial charge in [-0.1, -0.05) is 19.1 Å². The molecule has 0 bridgehead atoms. The molecule has 1 unspecified atom stereocenters. The van der Waals surface area contributed by atoms with Crippen LogP contribution in [0.2, 0.25) is 0 Å². The van der Waals surface area contributed by atoms with Gasteiger partial charge in [0.2, 0.25) is 0 Å². The van der Waals surface area contributed by atoms with E-state index < -0.39 is 0 Å². The predicted molar refractivity (Wildman–Crippen MR) is 77.6 cm³/mol. The van der Waals surface area contributed by atoms with E-state index >= 15 is 0 Å². The average molecular weight is 249 g/mol. The minimum Gasteiger partial charge on any atom is -0.369 e. The maximum Gasteiger partial charge on any atom is 0.0324 e. The molecule has 0 radical (unpaired) electrons. The van der Waals surface area contributed by atoms with E-state index in [2.05, 4.69) is 53.9 Å². The van der Waals surface area contributed by atoms with E-state index in [0.717, 1.165) is 6.42 Å². The van der Waals surface area contributed by atoms with Crippen LogP contribution in [0.1, 0.15) is 19.8 Å². The van der Waals surface area contributed by atoms with E-state index in [-0.39, 0.29) is 0 Å². The van der Waals surface area contributed by atoms with Gasteiger partial charge >= 0.3 is 0 Å². The lowest BCUT2D eigenvalue weighted by Crippen LogP contribution is -2.44. The van der Waals surface area contributed by atoms with E-state index in [4.69, 9.17) is 0 Å². The van der Waals surface area contributed by atoms with Crippen LogP contribution in [0, 0.1) is 0 Å². The van der Waals surface area contributed by atoms with Crippen molar-refractivity contribution in [2.24, 2.45) is 0 Å². The molecule has 1 fully saturated rings. The first-order chi connectivity index (χ1) is 8.70. The second-order valence-corrected chi connectivity index (χ2v) is 5.56. The Labute approximate surface area is 112 Å². The number of likely N-dealkylation sites (N-methyl/N-ethyl adjacent to an activating group) is 2. The van der Waals surface area contributed by atoms with Gasteiger partial charge in [0, 0.05) is 37.9 Å². The van der Waals surface area contributed by atoms with Crippen LogP contribution in [0.3, 0.4) is 0 Å². The Balaban J connectivity index is 1.85. The smallest absolute Gasteiger partial charge is 0.0324 e. The lowest BCUT2D eigenvalue weighted by Gasteiger charge is -2.36. The van der Waals surface area contributed by atoms with Crippen molar-refractivity contribution in [2.45, 2.75) is 25.8 Å². The molecule has 0 aromatic carbocycles. The van der Waals surface area contributed by atoms with Crippen LogP contribution < -0.4 is 0 Å². The summed E-state index contributed by atoms with van der Waals surface area (Å²) in [6, 6.07) is 0.598. The molecule has 1 aliphatic carbocycles. The van der Waals surface area contributed by atoms with E-state index in [1.54, 1.807) is 0 Å². The number of nitrogens with zero attached hydrogens (tertiary/aromatic N) is 3. The van der Waals surface area contributed by atoms with E-state index in [9.17, 15) is 0 Å². The normalized spacial score (nSPS) is 25.7. The summed E-state index contributed by atoms with van der Waals surface area (Å²) >= 11 is 0. The third-order valence-electron chi connectivity index (χ3n) is 4.07. The second kappa shape index (κ2) is 6.39. The molecule has 102 valence electrons. The summed E-state index contributed by atoms with van der Waals surface area (Å²) in [6.45, 7) is 8.14. The van der Waals surface area contributed by atoms with Crippen molar-refractivity contribution in [3.05, 3.63) is 23.9 Å². The van der Waals surface area contributed by atoms with Gasteiger partial charge < -0.3 is 9.80 Å². The molecule has 0 amide bonds. The van der Waals surface area contributed by atoms with Crippen LogP contribution in [0.4, 0.5) is 0 Å². The standard InChI is InChI=1S/C15H27N3/c1-4-9-17(3)14-5-7-15(8-6-14)18-12-10-16(2)11-13-18/h5,7-8,14H,4,6,9-13H2,1-3H3. The summed E-state index contributed by atoms with van der Waals surface area (Å²) in [5.74, 6) is 0. The van der Waals surface area contributed by atoms with Gasteiger partial charge in [0.15, 0.2) is 0 Å². The summed E-state index contributed by atoms with van der Waals surface area (Å²) in [5, 5.41) is 0. The lowest BCUT2D eigenvalue weighted by atomic mass is 10.0. The Morgan fingerprint density at radius 1 is 1.28 bits per heavy atom. The molecule has 0 aromatic heterocycles. The van der Waals surface area contributed by atoms with Crippen LogP contribution >= 0.6 is 0 Å². The highest BCUT2D eigenvalue weighted by Gasteiger charge is 2.18. The Morgan fingerprint density at radius 3 is 2.56 bits per heavy atom. The number of allylic oxidation sites excluding steroid dienone is 1. The van der Waals surface area contributed by atoms with Crippen molar-refractivity contribution in [2.75, 3.05) is 46.8 Å². The number of hydrogen-bond acceptors (Lipinski definition) is 3. The molecule has 0 saturated carbocycles. The maximum atomic E-state index is 2.52. The fourth-order valence-electron chi connectivity index (χ4n) is 2.74. The van der Waals surface area contributed by atoms with Gasteiger partial charge in [0.25, 0.3) is 0 Å². The third kappa shape index (κ3) is 3.36. The van der Waals surface area contributed by atoms with E-state index in [0.29, 0.717) is 6.04 Å². The molecule has 0 aromatic rings. The summed E-state index contributed by atoms with van der Waals surface area (Å²) in [7, 11) is 4.44. The van der Waals surface area contributed by atoms with Crippen LogP contribution in [0.5, 0.6) is 0 Å². The van der Waals surface area contributed by atoms with Crippen molar-refractivity contribution < 1.29 is 0 Å². The number of hydrogen-bond donors (Lipinski definition) is 0. The van der Waals surface area contributed by atoms with Gasteiger partial charge in [-0.3, -0.25) is 4.90 Å². The molecule has 18 heavy (non-hydrogen) atoms. The highest BCUT2D eigenvalue weighted by Crippen LogP contribution is 2.19. The molecule has 2 aliphatic rings. The van der Waals surface area contributed by atoms with Gasteiger partial charge in [-0.2, -0.15) is 0 Å². The molecule has 2 rings (SSSR count). The zero-order chi connectivity index (χ0) is 13.0. The van der Waals surface area contributed by atoms with Crippen LogP contribution in [-0.2, 0) is 0 Å². The summed E-state index contributed by atoms with van der Waals surface area (Å²) in [6.07, 6.45) is 9.52. The molecular formula is C15H27N3. The molecule has 0 spiro atoms. The molecule has 3 heteroatoms. The van der Waals surface area contributed by atoms with Crippen molar-refractivity contribution in [3.8, 4) is 0 Å². The van der Waals surface area contributed by atoms with Gasteiger partial charge in [0.05, 0.1) is 0 Å². The molecule has 0 N–H and O–H groups in total. The number of rotatable bonds is 4. The Hall–Kier alpha value is -0.800. The summed E-state index contributed by atoms with van der Waals surface area (Å²) in [4.78, 5) is 7.38. The highest BCUT2D eigenvalue weighted by molar-refractivity contribution is 5.24. The Bertz CT molecular complexity index is 314. The Kier molecular flexibility index (Phi) is 4.84. The van der Waals surface area contributed by atoms with Crippen molar-refractivity contribution in [1.82, 2.24) is 14.7 Å². The second-order valence-electron chi connectivity index (χ2n) is 5.56. The molecule has 1 saturated heterocycles. The number of piperazine rings is 1.